The summed E-state index contributed by atoms with van der Waals surface area (Å²) in [6, 6.07) is 0.706. The monoisotopic (exact) mass is 145 g/mol. The van der Waals surface area contributed by atoms with E-state index in [9.17, 15) is 0 Å². The zero-order valence-corrected chi connectivity index (χ0v) is 7.00. The lowest BCUT2D eigenvalue weighted by Gasteiger charge is -2.15. The molecule has 0 saturated carbocycles. The normalized spacial score (nSPS) is 38.0. The third-order valence-corrected chi connectivity index (χ3v) is 3.33. The van der Waals surface area contributed by atoms with Crippen LogP contribution in [0.3, 0.4) is 0 Å². The van der Waals surface area contributed by atoms with Crippen LogP contribution in [0.4, 0.5) is 0 Å². The lowest BCUT2D eigenvalue weighted by atomic mass is 10.2. The Labute approximate surface area is 61.6 Å². The molecular formula is C7H15NS. The van der Waals surface area contributed by atoms with E-state index in [0.717, 1.165) is 5.25 Å². The highest BCUT2D eigenvalue weighted by Crippen LogP contribution is 2.17. The summed E-state index contributed by atoms with van der Waals surface area (Å²) < 4.78 is 0. The van der Waals surface area contributed by atoms with Gasteiger partial charge in [0.05, 0.1) is 0 Å². The molecule has 2 heteroatoms. The first-order valence-corrected chi connectivity index (χ1v) is 4.70. The molecule has 1 aliphatic heterocycles. The summed E-state index contributed by atoms with van der Waals surface area (Å²) in [6.07, 6.45) is 1.33. The van der Waals surface area contributed by atoms with E-state index in [1.165, 1.54) is 18.7 Å². The van der Waals surface area contributed by atoms with Crippen molar-refractivity contribution in [1.29, 1.82) is 0 Å². The van der Waals surface area contributed by atoms with Gasteiger partial charge in [-0.2, -0.15) is 11.8 Å². The van der Waals surface area contributed by atoms with Gasteiger partial charge in [0, 0.05) is 11.3 Å². The molecule has 1 nitrogen and oxygen atoms in total. The largest absolute Gasteiger partial charge is 0.313 e. The molecule has 1 fully saturated rings. The van der Waals surface area contributed by atoms with Gasteiger partial charge in [-0.3, -0.25) is 0 Å². The van der Waals surface area contributed by atoms with Crippen molar-refractivity contribution in [3.63, 3.8) is 0 Å². The molecule has 1 saturated heterocycles. The second-order valence-electron chi connectivity index (χ2n) is 2.67. The summed E-state index contributed by atoms with van der Waals surface area (Å²) in [5.74, 6) is 1.33. The maximum absolute atomic E-state index is 3.47. The number of thioether (sulfide) groups is 1. The molecule has 0 amide bonds. The van der Waals surface area contributed by atoms with Crippen LogP contribution >= 0.6 is 11.8 Å². The molecule has 2 unspecified atom stereocenters. The van der Waals surface area contributed by atoms with Crippen molar-refractivity contribution < 1.29 is 0 Å². The minimum atomic E-state index is 0.706. The Morgan fingerprint density at radius 2 is 2.22 bits per heavy atom. The van der Waals surface area contributed by atoms with Gasteiger partial charge in [0.15, 0.2) is 0 Å². The fourth-order valence-electron chi connectivity index (χ4n) is 0.981. The Kier molecular flexibility index (Phi) is 2.86. The topological polar surface area (TPSA) is 12.0 Å². The molecule has 1 heterocycles. The molecule has 0 spiro atoms. The summed E-state index contributed by atoms with van der Waals surface area (Å²) >= 11 is 2.08. The number of hydrogen-bond donors (Lipinski definition) is 1. The van der Waals surface area contributed by atoms with E-state index in [-0.39, 0.29) is 0 Å². The Hall–Kier alpha value is 0.310. The molecule has 0 radical (unpaired) electrons. The van der Waals surface area contributed by atoms with Gasteiger partial charge in [-0.05, 0) is 25.6 Å². The smallest absolute Gasteiger partial charge is 0.0170 e. The molecular weight excluding hydrogens is 130 g/mol. The maximum Gasteiger partial charge on any atom is 0.0170 e. The van der Waals surface area contributed by atoms with Crippen molar-refractivity contribution in [2.24, 2.45) is 0 Å². The highest BCUT2D eigenvalue weighted by molar-refractivity contribution is 7.99. The van der Waals surface area contributed by atoms with Gasteiger partial charge < -0.3 is 5.32 Å². The standard InChI is InChI=1S/C7H15NS/c1-6-7(2)9-5-3-4-8-6/h6-8H,3-5H2,1-2H3. The van der Waals surface area contributed by atoms with Crippen LogP contribution in [0, 0.1) is 0 Å². The SMILES string of the molecule is CC1NCCCSC1C. The van der Waals surface area contributed by atoms with Crippen molar-refractivity contribution >= 4 is 11.8 Å². The summed E-state index contributed by atoms with van der Waals surface area (Å²) in [6.45, 7) is 5.77. The molecule has 0 aromatic rings. The van der Waals surface area contributed by atoms with Crippen molar-refractivity contribution in [2.75, 3.05) is 12.3 Å². The average molecular weight is 145 g/mol. The number of rotatable bonds is 0. The summed E-state index contributed by atoms with van der Waals surface area (Å²) in [5, 5.41) is 4.27. The molecule has 1 aliphatic rings. The molecule has 2 atom stereocenters. The highest BCUT2D eigenvalue weighted by Gasteiger charge is 2.13. The predicted molar refractivity (Wildman–Crippen MR) is 44.0 cm³/mol. The van der Waals surface area contributed by atoms with Crippen LogP contribution in [-0.4, -0.2) is 23.6 Å². The van der Waals surface area contributed by atoms with Crippen molar-refractivity contribution in [3.8, 4) is 0 Å². The average Bonchev–Trinajstić information content (AvgIpc) is 1.99. The van der Waals surface area contributed by atoms with Gasteiger partial charge in [-0.15, -0.1) is 0 Å². The van der Waals surface area contributed by atoms with Crippen LogP contribution in [0.2, 0.25) is 0 Å². The molecule has 1 rings (SSSR count). The van der Waals surface area contributed by atoms with E-state index in [4.69, 9.17) is 0 Å². The van der Waals surface area contributed by atoms with Gasteiger partial charge in [0.2, 0.25) is 0 Å². The Bertz CT molecular complexity index is 75.0. The molecule has 9 heavy (non-hydrogen) atoms. The summed E-state index contributed by atoms with van der Waals surface area (Å²) in [7, 11) is 0. The molecule has 1 N–H and O–H groups in total. The van der Waals surface area contributed by atoms with Gasteiger partial charge >= 0.3 is 0 Å². The first kappa shape index (κ1) is 7.42. The van der Waals surface area contributed by atoms with Gasteiger partial charge in [0.25, 0.3) is 0 Å². The van der Waals surface area contributed by atoms with Crippen molar-refractivity contribution in [3.05, 3.63) is 0 Å². The third-order valence-electron chi connectivity index (χ3n) is 1.87. The van der Waals surface area contributed by atoms with Gasteiger partial charge in [-0.25, -0.2) is 0 Å². The predicted octanol–water partition coefficient (Wildman–Crippen LogP) is 1.49. The quantitative estimate of drug-likeness (QED) is 0.554. The Morgan fingerprint density at radius 1 is 1.44 bits per heavy atom. The zero-order chi connectivity index (χ0) is 6.69. The molecule has 0 aliphatic carbocycles. The van der Waals surface area contributed by atoms with Gasteiger partial charge in [0.1, 0.15) is 0 Å². The van der Waals surface area contributed by atoms with Crippen LogP contribution in [0.1, 0.15) is 20.3 Å². The van der Waals surface area contributed by atoms with E-state index in [1.54, 1.807) is 0 Å². The molecule has 0 aromatic heterocycles. The minimum Gasteiger partial charge on any atom is -0.313 e. The maximum atomic E-state index is 3.47. The van der Waals surface area contributed by atoms with E-state index in [1.807, 2.05) is 0 Å². The number of nitrogens with one attached hydrogen (secondary N) is 1. The van der Waals surface area contributed by atoms with Crippen LogP contribution in [0.15, 0.2) is 0 Å². The first-order chi connectivity index (χ1) is 4.30. The zero-order valence-electron chi connectivity index (χ0n) is 6.18. The first-order valence-electron chi connectivity index (χ1n) is 3.65. The molecule has 54 valence electrons. The van der Waals surface area contributed by atoms with E-state index in [0.29, 0.717) is 6.04 Å². The second-order valence-corrected chi connectivity index (χ2v) is 4.16. The fraction of sp³-hybridized carbons (Fsp3) is 1.00. The number of hydrogen-bond acceptors (Lipinski definition) is 2. The van der Waals surface area contributed by atoms with Crippen LogP contribution in [-0.2, 0) is 0 Å². The van der Waals surface area contributed by atoms with Crippen LogP contribution in [0.25, 0.3) is 0 Å². The lowest BCUT2D eigenvalue weighted by molar-refractivity contribution is 0.555. The summed E-state index contributed by atoms with van der Waals surface area (Å²) in [4.78, 5) is 0. The fourth-order valence-corrected chi connectivity index (χ4v) is 2.05. The minimum absolute atomic E-state index is 0.706. The molecule has 0 aromatic carbocycles. The Morgan fingerprint density at radius 3 is 3.00 bits per heavy atom. The second kappa shape index (κ2) is 3.47. The summed E-state index contributed by atoms with van der Waals surface area (Å²) in [5.41, 5.74) is 0. The van der Waals surface area contributed by atoms with Crippen LogP contribution < -0.4 is 5.32 Å². The van der Waals surface area contributed by atoms with E-state index in [2.05, 4.69) is 30.9 Å². The van der Waals surface area contributed by atoms with Crippen molar-refractivity contribution in [2.45, 2.75) is 31.6 Å². The lowest BCUT2D eigenvalue weighted by Crippen LogP contribution is -2.32. The highest BCUT2D eigenvalue weighted by atomic mass is 32.2. The van der Waals surface area contributed by atoms with E-state index < -0.39 is 0 Å². The van der Waals surface area contributed by atoms with Crippen molar-refractivity contribution in [1.82, 2.24) is 5.32 Å². The van der Waals surface area contributed by atoms with Crippen LogP contribution in [0.5, 0.6) is 0 Å². The van der Waals surface area contributed by atoms with E-state index >= 15 is 0 Å². The third kappa shape index (κ3) is 2.18. The van der Waals surface area contributed by atoms with Gasteiger partial charge in [-0.1, -0.05) is 6.92 Å². The Balaban J connectivity index is 2.32. The molecule has 0 bridgehead atoms.